The number of hydrogen-bond acceptors (Lipinski definition) is 2. The smallest absolute Gasteiger partial charge is 0.227 e. The van der Waals surface area contributed by atoms with Crippen molar-refractivity contribution in [1.82, 2.24) is 0 Å². The number of nitrogens with zero attached hydrogens (tertiary/aromatic N) is 1. The maximum absolute atomic E-state index is 12.0. The van der Waals surface area contributed by atoms with Crippen LogP contribution in [-0.4, -0.2) is 19.0 Å². The molecule has 1 amide bonds. The zero-order valence-corrected chi connectivity index (χ0v) is 11.5. The summed E-state index contributed by atoms with van der Waals surface area (Å²) < 4.78 is 1.06. The predicted molar refractivity (Wildman–Crippen MR) is 73.0 cm³/mol. The number of nitrogens with two attached hydrogens (primary N) is 1. The fourth-order valence-corrected chi connectivity index (χ4v) is 2.68. The third kappa shape index (κ3) is 2.53. The number of halogens is 1. The Balaban J connectivity index is 2.31. The Bertz CT molecular complexity index is 433. The first kappa shape index (κ1) is 12.6. The summed E-state index contributed by atoms with van der Waals surface area (Å²) in [6.07, 6.45) is 1.50. The van der Waals surface area contributed by atoms with Gasteiger partial charge >= 0.3 is 0 Å². The highest BCUT2D eigenvalue weighted by atomic mass is 79.9. The maximum atomic E-state index is 12.0. The summed E-state index contributed by atoms with van der Waals surface area (Å²) in [5, 5.41) is 0. The van der Waals surface area contributed by atoms with E-state index in [1.807, 2.05) is 17.0 Å². The first-order chi connectivity index (χ1) is 8.15. The van der Waals surface area contributed by atoms with Crippen molar-refractivity contribution in [3.8, 4) is 0 Å². The second-order valence-corrected chi connectivity index (χ2v) is 5.35. The van der Waals surface area contributed by atoms with Crippen molar-refractivity contribution in [3.05, 3.63) is 28.2 Å². The van der Waals surface area contributed by atoms with Gasteiger partial charge in [-0.1, -0.05) is 22.9 Å². The van der Waals surface area contributed by atoms with Crippen molar-refractivity contribution in [2.24, 2.45) is 11.7 Å². The van der Waals surface area contributed by atoms with Crippen LogP contribution in [0.3, 0.4) is 0 Å². The second kappa shape index (κ2) is 5.19. The standard InChI is InChI=1S/C13H17BrN2O/c1-2-10-6-11(14)3-4-12(10)16-8-9(7-15)5-13(16)17/h3-4,6,9H,2,5,7-8,15H2,1H3. The summed E-state index contributed by atoms with van der Waals surface area (Å²) in [5.74, 6) is 0.494. The Morgan fingerprint density at radius 3 is 2.88 bits per heavy atom. The largest absolute Gasteiger partial charge is 0.330 e. The molecule has 0 radical (unpaired) electrons. The van der Waals surface area contributed by atoms with E-state index < -0.39 is 0 Å². The monoisotopic (exact) mass is 296 g/mol. The lowest BCUT2D eigenvalue weighted by atomic mass is 10.1. The molecular weight excluding hydrogens is 280 g/mol. The third-order valence-electron chi connectivity index (χ3n) is 3.25. The van der Waals surface area contributed by atoms with Gasteiger partial charge in [-0.25, -0.2) is 0 Å². The number of carbonyl (C=O) groups excluding carboxylic acids is 1. The fourth-order valence-electron chi connectivity index (χ4n) is 2.27. The summed E-state index contributed by atoms with van der Waals surface area (Å²) >= 11 is 3.46. The van der Waals surface area contributed by atoms with Crippen LogP contribution in [0.25, 0.3) is 0 Å². The summed E-state index contributed by atoms with van der Waals surface area (Å²) in [6, 6.07) is 6.08. The van der Waals surface area contributed by atoms with Gasteiger partial charge in [0.1, 0.15) is 0 Å². The van der Waals surface area contributed by atoms with Crippen LogP contribution >= 0.6 is 15.9 Å². The quantitative estimate of drug-likeness (QED) is 0.930. The zero-order chi connectivity index (χ0) is 12.4. The molecular formula is C13H17BrN2O. The van der Waals surface area contributed by atoms with Crippen LogP contribution in [0.15, 0.2) is 22.7 Å². The average molecular weight is 297 g/mol. The molecule has 1 aliphatic rings. The van der Waals surface area contributed by atoms with Crippen LogP contribution in [0.4, 0.5) is 5.69 Å². The summed E-state index contributed by atoms with van der Waals surface area (Å²) in [6.45, 7) is 3.44. The van der Waals surface area contributed by atoms with Crippen LogP contribution in [0, 0.1) is 5.92 Å². The van der Waals surface area contributed by atoms with Crippen LogP contribution < -0.4 is 10.6 Å². The normalized spacial score (nSPS) is 20.1. The summed E-state index contributed by atoms with van der Waals surface area (Å²) in [5.41, 5.74) is 7.88. The molecule has 1 aromatic carbocycles. The van der Waals surface area contributed by atoms with E-state index in [1.54, 1.807) is 0 Å². The van der Waals surface area contributed by atoms with Gasteiger partial charge in [0.2, 0.25) is 5.91 Å². The van der Waals surface area contributed by atoms with Gasteiger partial charge in [0.25, 0.3) is 0 Å². The molecule has 1 saturated heterocycles. The minimum absolute atomic E-state index is 0.192. The van der Waals surface area contributed by atoms with Gasteiger partial charge in [0.05, 0.1) is 0 Å². The lowest BCUT2D eigenvalue weighted by Gasteiger charge is -2.20. The molecule has 1 aromatic rings. The lowest BCUT2D eigenvalue weighted by molar-refractivity contribution is -0.117. The Kier molecular flexibility index (Phi) is 3.84. The third-order valence-corrected chi connectivity index (χ3v) is 3.74. The molecule has 2 N–H and O–H groups in total. The van der Waals surface area contributed by atoms with E-state index in [9.17, 15) is 4.79 Å². The van der Waals surface area contributed by atoms with E-state index in [0.29, 0.717) is 18.9 Å². The first-order valence-electron chi connectivity index (χ1n) is 5.94. The molecule has 1 atom stereocenters. The Labute approximate surface area is 110 Å². The van der Waals surface area contributed by atoms with Crippen molar-refractivity contribution in [2.45, 2.75) is 19.8 Å². The van der Waals surface area contributed by atoms with Gasteiger partial charge in [-0.15, -0.1) is 0 Å². The number of hydrogen-bond donors (Lipinski definition) is 1. The Morgan fingerprint density at radius 1 is 1.53 bits per heavy atom. The van der Waals surface area contributed by atoms with E-state index in [4.69, 9.17) is 5.73 Å². The topological polar surface area (TPSA) is 46.3 Å². The van der Waals surface area contributed by atoms with Crippen LogP contribution in [0.5, 0.6) is 0 Å². The van der Waals surface area contributed by atoms with Crippen molar-refractivity contribution in [1.29, 1.82) is 0 Å². The first-order valence-corrected chi connectivity index (χ1v) is 6.73. The molecule has 0 saturated carbocycles. The molecule has 0 aromatic heterocycles. The molecule has 1 heterocycles. The van der Waals surface area contributed by atoms with Gasteiger partial charge in [-0.3, -0.25) is 4.79 Å². The predicted octanol–water partition coefficient (Wildman–Crippen LogP) is 2.32. The molecule has 1 unspecified atom stereocenters. The van der Waals surface area contributed by atoms with Crippen molar-refractivity contribution in [2.75, 3.05) is 18.0 Å². The van der Waals surface area contributed by atoms with E-state index in [0.717, 1.165) is 23.1 Å². The SMILES string of the molecule is CCc1cc(Br)ccc1N1CC(CN)CC1=O. The van der Waals surface area contributed by atoms with Gasteiger partial charge in [0.15, 0.2) is 0 Å². The van der Waals surface area contributed by atoms with Gasteiger partial charge in [-0.05, 0) is 42.6 Å². The number of anilines is 1. The summed E-state index contributed by atoms with van der Waals surface area (Å²) in [4.78, 5) is 13.8. The second-order valence-electron chi connectivity index (χ2n) is 4.44. The van der Waals surface area contributed by atoms with Gasteiger partial charge in [-0.2, -0.15) is 0 Å². The van der Waals surface area contributed by atoms with Crippen molar-refractivity contribution in [3.63, 3.8) is 0 Å². The van der Waals surface area contributed by atoms with Crippen LogP contribution in [0.1, 0.15) is 18.9 Å². The highest BCUT2D eigenvalue weighted by molar-refractivity contribution is 9.10. The molecule has 1 fully saturated rings. The lowest BCUT2D eigenvalue weighted by Crippen LogP contribution is -2.26. The van der Waals surface area contributed by atoms with E-state index in [1.165, 1.54) is 5.56 Å². The maximum Gasteiger partial charge on any atom is 0.227 e. The molecule has 1 aliphatic heterocycles. The molecule has 17 heavy (non-hydrogen) atoms. The van der Waals surface area contributed by atoms with Crippen LogP contribution in [-0.2, 0) is 11.2 Å². The van der Waals surface area contributed by atoms with Gasteiger partial charge in [0, 0.05) is 23.1 Å². The number of rotatable bonds is 3. The average Bonchev–Trinajstić information content (AvgIpc) is 2.70. The number of amides is 1. The van der Waals surface area contributed by atoms with Crippen molar-refractivity contribution >= 4 is 27.5 Å². The van der Waals surface area contributed by atoms with E-state index >= 15 is 0 Å². The minimum atomic E-state index is 0.192. The molecule has 4 heteroatoms. The molecule has 3 nitrogen and oxygen atoms in total. The highest BCUT2D eigenvalue weighted by Crippen LogP contribution is 2.30. The number of carbonyl (C=O) groups is 1. The van der Waals surface area contributed by atoms with E-state index in [-0.39, 0.29) is 5.91 Å². The van der Waals surface area contributed by atoms with Gasteiger partial charge < -0.3 is 10.6 Å². The highest BCUT2D eigenvalue weighted by Gasteiger charge is 2.30. The molecule has 2 rings (SSSR count). The minimum Gasteiger partial charge on any atom is -0.330 e. The molecule has 0 aliphatic carbocycles. The Morgan fingerprint density at radius 2 is 2.29 bits per heavy atom. The number of benzene rings is 1. The Hall–Kier alpha value is -0.870. The van der Waals surface area contributed by atoms with E-state index in [2.05, 4.69) is 28.9 Å². The number of aryl methyl sites for hydroxylation is 1. The van der Waals surface area contributed by atoms with Crippen LogP contribution in [0.2, 0.25) is 0 Å². The molecule has 0 spiro atoms. The fraction of sp³-hybridized carbons (Fsp3) is 0.462. The molecule has 0 bridgehead atoms. The van der Waals surface area contributed by atoms with Crippen molar-refractivity contribution < 1.29 is 4.79 Å². The summed E-state index contributed by atoms with van der Waals surface area (Å²) in [7, 11) is 0. The zero-order valence-electron chi connectivity index (χ0n) is 9.95. The molecule has 92 valence electrons.